The van der Waals surface area contributed by atoms with Crippen molar-refractivity contribution in [2.24, 2.45) is 7.05 Å². The second-order valence-corrected chi connectivity index (χ2v) is 3.85. The van der Waals surface area contributed by atoms with Crippen LogP contribution in [0.25, 0.3) is 0 Å². The van der Waals surface area contributed by atoms with E-state index in [4.69, 9.17) is 4.74 Å². The van der Waals surface area contributed by atoms with Crippen molar-refractivity contribution in [3.8, 4) is 5.75 Å². The van der Waals surface area contributed by atoms with Gasteiger partial charge in [-0.3, -0.25) is 9.48 Å². The minimum atomic E-state index is -0.524. The van der Waals surface area contributed by atoms with Crippen molar-refractivity contribution in [1.82, 2.24) is 9.78 Å². The predicted octanol–water partition coefficient (Wildman–Crippen LogP) is 1.99. The molecular weight excluding hydrogens is 235 g/mol. The zero-order chi connectivity index (χ0) is 13.0. The van der Waals surface area contributed by atoms with Gasteiger partial charge in [0, 0.05) is 30.9 Å². The van der Waals surface area contributed by atoms with Crippen molar-refractivity contribution in [1.29, 1.82) is 0 Å². The number of rotatable bonds is 5. The monoisotopic (exact) mass is 248 g/mol. The molecule has 0 saturated heterocycles. The molecule has 18 heavy (non-hydrogen) atoms. The number of benzene rings is 1. The quantitative estimate of drug-likeness (QED) is 0.760. The summed E-state index contributed by atoms with van der Waals surface area (Å²) in [5, 5.41) is 4.03. The number of aryl methyl sites for hydroxylation is 1. The summed E-state index contributed by atoms with van der Waals surface area (Å²) in [6, 6.07) is 6.03. The summed E-state index contributed by atoms with van der Waals surface area (Å²) in [4.78, 5) is 10.5. The average Bonchev–Trinajstić information content (AvgIpc) is 2.77. The van der Waals surface area contributed by atoms with Gasteiger partial charge in [0.1, 0.15) is 6.29 Å². The summed E-state index contributed by atoms with van der Waals surface area (Å²) < 4.78 is 20.6. The molecule has 0 aliphatic heterocycles. The molecular formula is C13H13FN2O2. The molecule has 1 aromatic heterocycles. The van der Waals surface area contributed by atoms with E-state index >= 15 is 0 Å². The van der Waals surface area contributed by atoms with E-state index < -0.39 is 5.82 Å². The molecule has 0 aliphatic rings. The van der Waals surface area contributed by atoms with Crippen molar-refractivity contribution in [3.63, 3.8) is 0 Å². The minimum absolute atomic E-state index is 0.155. The lowest BCUT2D eigenvalue weighted by atomic mass is 10.2. The van der Waals surface area contributed by atoms with Gasteiger partial charge >= 0.3 is 0 Å². The Morgan fingerprint density at radius 1 is 1.44 bits per heavy atom. The number of carbonyl (C=O) groups excluding carboxylic acids is 1. The Bertz CT molecular complexity index is 552. The van der Waals surface area contributed by atoms with Crippen LogP contribution in [0.3, 0.4) is 0 Å². The van der Waals surface area contributed by atoms with E-state index in [2.05, 4.69) is 5.10 Å². The number of carbonyl (C=O) groups is 1. The van der Waals surface area contributed by atoms with Crippen molar-refractivity contribution in [3.05, 3.63) is 47.5 Å². The van der Waals surface area contributed by atoms with Crippen LogP contribution in [0.15, 0.2) is 30.5 Å². The van der Waals surface area contributed by atoms with E-state index in [9.17, 15) is 9.18 Å². The Kier molecular flexibility index (Phi) is 3.72. The molecule has 1 aromatic carbocycles. The fourth-order valence-electron chi connectivity index (χ4n) is 1.62. The molecule has 0 N–H and O–H groups in total. The largest absolute Gasteiger partial charge is 0.490 e. The van der Waals surface area contributed by atoms with Gasteiger partial charge in [0.25, 0.3) is 0 Å². The van der Waals surface area contributed by atoms with Crippen molar-refractivity contribution in [2.45, 2.75) is 6.42 Å². The molecule has 0 unspecified atom stereocenters. The van der Waals surface area contributed by atoms with Gasteiger partial charge in [-0.1, -0.05) is 0 Å². The number of hydrogen-bond acceptors (Lipinski definition) is 3. The number of ether oxygens (including phenoxy) is 1. The third-order valence-electron chi connectivity index (χ3n) is 2.63. The fraction of sp³-hybridized carbons (Fsp3) is 0.231. The molecule has 0 amide bonds. The first-order valence-corrected chi connectivity index (χ1v) is 5.55. The van der Waals surface area contributed by atoms with Gasteiger partial charge in [0.05, 0.1) is 6.61 Å². The van der Waals surface area contributed by atoms with Crippen molar-refractivity contribution >= 4 is 6.29 Å². The smallest absolute Gasteiger partial charge is 0.165 e. The van der Waals surface area contributed by atoms with Gasteiger partial charge in [-0.25, -0.2) is 4.39 Å². The molecule has 2 rings (SSSR count). The minimum Gasteiger partial charge on any atom is -0.490 e. The fourth-order valence-corrected chi connectivity index (χ4v) is 1.62. The first-order valence-electron chi connectivity index (χ1n) is 5.55. The van der Waals surface area contributed by atoms with Crippen LogP contribution in [0.1, 0.15) is 16.1 Å². The van der Waals surface area contributed by atoms with E-state index in [0.717, 1.165) is 11.8 Å². The Morgan fingerprint density at radius 3 is 2.89 bits per heavy atom. The zero-order valence-corrected chi connectivity index (χ0v) is 9.97. The molecule has 1 heterocycles. The van der Waals surface area contributed by atoms with E-state index in [1.807, 2.05) is 13.1 Å². The summed E-state index contributed by atoms with van der Waals surface area (Å²) >= 11 is 0. The Hall–Kier alpha value is -2.17. The zero-order valence-electron chi connectivity index (χ0n) is 9.97. The third kappa shape index (κ3) is 2.74. The summed E-state index contributed by atoms with van der Waals surface area (Å²) in [7, 11) is 1.84. The highest BCUT2D eigenvalue weighted by Crippen LogP contribution is 2.17. The Morgan fingerprint density at radius 2 is 2.28 bits per heavy atom. The van der Waals surface area contributed by atoms with Crippen LogP contribution < -0.4 is 4.74 Å². The van der Waals surface area contributed by atoms with Crippen LogP contribution in [-0.4, -0.2) is 22.7 Å². The van der Waals surface area contributed by atoms with Crippen LogP contribution in [0.4, 0.5) is 4.39 Å². The van der Waals surface area contributed by atoms with E-state index in [1.54, 1.807) is 10.9 Å². The molecule has 2 aromatic rings. The Labute approximate surface area is 104 Å². The topological polar surface area (TPSA) is 44.1 Å². The molecule has 5 heteroatoms. The summed E-state index contributed by atoms with van der Waals surface area (Å²) in [6.07, 6.45) is 2.95. The highest BCUT2D eigenvalue weighted by molar-refractivity contribution is 5.74. The SMILES string of the molecule is Cn1nccc1CCOc1ccc(C=O)cc1F. The molecule has 0 fully saturated rings. The van der Waals surface area contributed by atoms with Gasteiger partial charge in [-0.2, -0.15) is 5.10 Å². The third-order valence-corrected chi connectivity index (χ3v) is 2.63. The van der Waals surface area contributed by atoms with Gasteiger partial charge in [0.2, 0.25) is 0 Å². The first-order chi connectivity index (χ1) is 8.70. The molecule has 0 spiro atoms. The highest BCUT2D eigenvalue weighted by Gasteiger charge is 2.05. The maximum Gasteiger partial charge on any atom is 0.165 e. The van der Waals surface area contributed by atoms with Gasteiger partial charge < -0.3 is 4.74 Å². The van der Waals surface area contributed by atoms with Gasteiger partial charge in [-0.15, -0.1) is 0 Å². The normalized spacial score (nSPS) is 10.3. The second-order valence-electron chi connectivity index (χ2n) is 3.85. The Balaban J connectivity index is 1.94. The number of hydrogen-bond donors (Lipinski definition) is 0. The molecule has 0 bridgehead atoms. The van der Waals surface area contributed by atoms with Crippen LogP contribution >= 0.6 is 0 Å². The molecule has 0 aliphatic carbocycles. The number of aldehydes is 1. The van der Waals surface area contributed by atoms with Crippen molar-refractivity contribution < 1.29 is 13.9 Å². The highest BCUT2D eigenvalue weighted by atomic mass is 19.1. The maximum atomic E-state index is 13.5. The van der Waals surface area contributed by atoms with Gasteiger partial charge in [-0.05, 0) is 24.3 Å². The van der Waals surface area contributed by atoms with Crippen LogP contribution in [-0.2, 0) is 13.5 Å². The lowest BCUT2D eigenvalue weighted by Crippen LogP contribution is -2.06. The average molecular weight is 248 g/mol. The summed E-state index contributed by atoms with van der Waals surface area (Å²) in [5.41, 5.74) is 1.31. The molecule has 0 radical (unpaired) electrons. The molecule has 94 valence electrons. The molecule has 4 nitrogen and oxygen atoms in total. The summed E-state index contributed by atoms with van der Waals surface area (Å²) in [6.45, 7) is 0.358. The number of nitrogens with zero attached hydrogens (tertiary/aromatic N) is 2. The number of aromatic nitrogens is 2. The lowest BCUT2D eigenvalue weighted by Gasteiger charge is -2.07. The standard InChI is InChI=1S/C13H13FN2O2/c1-16-11(4-6-15-16)5-7-18-13-3-2-10(9-17)8-12(13)14/h2-4,6,8-9H,5,7H2,1H3. The summed E-state index contributed by atoms with van der Waals surface area (Å²) in [5.74, 6) is -0.368. The first kappa shape index (κ1) is 12.3. The van der Waals surface area contributed by atoms with Crippen LogP contribution in [0.2, 0.25) is 0 Å². The lowest BCUT2D eigenvalue weighted by molar-refractivity contribution is 0.112. The maximum absolute atomic E-state index is 13.5. The van der Waals surface area contributed by atoms with Crippen molar-refractivity contribution in [2.75, 3.05) is 6.61 Å². The second kappa shape index (κ2) is 5.44. The van der Waals surface area contributed by atoms with E-state index in [-0.39, 0.29) is 5.75 Å². The van der Waals surface area contributed by atoms with Gasteiger partial charge in [0.15, 0.2) is 11.6 Å². The van der Waals surface area contributed by atoms with Crippen LogP contribution in [0, 0.1) is 5.82 Å². The molecule has 0 saturated carbocycles. The molecule has 0 atom stereocenters. The van der Waals surface area contributed by atoms with E-state index in [1.165, 1.54) is 12.1 Å². The predicted molar refractivity (Wildman–Crippen MR) is 64.2 cm³/mol. The van der Waals surface area contributed by atoms with E-state index in [0.29, 0.717) is 24.9 Å². The number of halogens is 1. The van der Waals surface area contributed by atoms with Crippen LogP contribution in [0.5, 0.6) is 5.75 Å².